The second-order valence-corrected chi connectivity index (χ2v) is 9.86. The van der Waals surface area contributed by atoms with Gasteiger partial charge < -0.3 is 14.2 Å². The number of benzene rings is 2. The third kappa shape index (κ3) is 6.71. The number of thiazole rings is 1. The maximum absolute atomic E-state index is 12.8. The molecule has 0 aliphatic heterocycles. The van der Waals surface area contributed by atoms with Crippen LogP contribution >= 0.6 is 11.3 Å². The summed E-state index contributed by atoms with van der Waals surface area (Å²) in [5.74, 6) is 1.57. The number of para-hydroxylation sites is 1. The van der Waals surface area contributed by atoms with Crippen LogP contribution in [-0.4, -0.2) is 33.1 Å². The molecular formula is C29H31N3O4S. The largest absolute Gasteiger partial charge is 0.488 e. The molecule has 0 aliphatic carbocycles. The van der Waals surface area contributed by atoms with E-state index in [2.05, 4.69) is 21.9 Å². The number of ether oxygens (including phenoxy) is 3. The Bertz CT molecular complexity index is 1310. The van der Waals surface area contributed by atoms with Crippen LogP contribution in [0.4, 0.5) is 0 Å². The molecule has 0 N–H and O–H groups in total. The highest BCUT2D eigenvalue weighted by molar-refractivity contribution is 7.15. The van der Waals surface area contributed by atoms with Crippen LogP contribution in [0.1, 0.15) is 42.5 Å². The van der Waals surface area contributed by atoms with Gasteiger partial charge in [-0.05, 0) is 62.6 Å². The lowest BCUT2D eigenvalue weighted by Crippen LogP contribution is -2.45. The van der Waals surface area contributed by atoms with Gasteiger partial charge in [-0.1, -0.05) is 37.3 Å². The van der Waals surface area contributed by atoms with Crippen molar-refractivity contribution >= 4 is 17.3 Å². The van der Waals surface area contributed by atoms with Crippen LogP contribution in [0, 0.1) is 6.92 Å². The van der Waals surface area contributed by atoms with Gasteiger partial charge in [0.2, 0.25) is 5.60 Å². The van der Waals surface area contributed by atoms with E-state index in [-0.39, 0.29) is 6.61 Å². The number of hydrogen-bond donors (Lipinski definition) is 0. The van der Waals surface area contributed by atoms with E-state index in [4.69, 9.17) is 14.2 Å². The number of aromatic nitrogens is 3. The molecule has 0 saturated carbocycles. The lowest BCUT2D eigenvalue weighted by atomic mass is 9.96. The van der Waals surface area contributed by atoms with E-state index in [1.54, 1.807) is 13.8 Å². The predicted molar refractivity (Wildman–Crippen MR) is 144 cm³/mol. The predicted octanol–water partition coefficient (Wildman–Crippen LogP) is 5.99. The Hall–Kier alpha value is -3.78. The van der Waals surface area contributed by atoms with Crippen molar-refractivity contribution in [3.8, 4) is 22.3 Å². The van der Waals surface area contributed by atoms with E-state index in [0.717, 1.165) is 38.9 Å². The first-order chi connectivity index (χ1) is 17.9. The first kappa shape index (κ1) is 26.3. The van der Waals surface area contributed by atoms with Crippen LogP contribution in [0.2, 0.25) is 0 Å². The molecule has 0 radical (unpaired) electrons. The van der Waals surface area contributed by atoms with E-state index < -0.39 is 11.6 Å². The summed E-state index contributed by atoms with van der Waals surface area (Å²) in [5.41, 5.74) is 1.77. The first-order valence-corrected chi connectivity index (χ1v) is 13.1. The minimum atomic E-state index is -1.16. The van der Waals surface area contributed by atoms with Gasteiger partial charge in [0.15, 0.2) is 10.8 Å². The van der Waals surface area contributed by atoms with Crippen LogP contribution in [-0.2, 0) is 29.0 Å². The van der Waals surface area contributed by atoms with Crippen LogP contribution in [0.5, 0.6) is 11.5 Å². The zero-order valence-electron chi connectivity index (χ0n) is 21.6. The molecular weight excluding hydrogens is 486 g/mol. The van der Waals surface area contributed by atoms with Crippen molar-refractivity contribution in [2.75, 3.05) is 6.61 Å². The second kappa shape index (κ2) is 12.0. The standard InChI is InChI=1S/C29H31N3O4S/c1-5-21-17-30-26(31-18-21)27-32-20(3)25(37-27)19-35-23-14-12-22(13-15-23)16-29(4,28(33)34-6-2)36-24-10-8-7-9-11-24/h7-15,17-18H,5-6,16,19H2,1-4H3. The van der Waals surface area contributed by atoms with Crippen molar-refractivity contribution in [2.45, 2.75) is 52.7 Å². The topological polar surface area (TPSA) is 83.4 Å². The van der Waals surface area contributed by atoms with E-state index >= 15 is 0 Å². The molecule has 0 saturated heterocycles. The summed E-state index contributed by atoms with van der Waals surface area (Å²) >= 11 is 1.54. The maximum Gasteiger partial charge on any atom is 0.350 e. The molecule has 1 atom stereocenters. The average Bonchev–Trinajstić information content (AvgIpc) is 3.29. The van der Waals surface area contributed by atoms with Gasteiger partial charge >= 0.3 is 5.97 Å². The molecule has 4 rings (SSSR count). The third-order valence-electron chi connectivity index (χ3n) is 5.83. The SMILES string of the molecule is CCOC(=O)C(C)(Cc1ccc(OCc2sc(-c3ncc(CC)cn3)nc2C)cc1)Oc1ccccc1. The number of carbonyl (C=O) groups excluding carboxylic acids is 1. The monoisotopic (exact) mass is 517 g/mol. The van der Waals surface area contributed by atoms with Crippen molar-refractivity contribution in [3.63, 3.8) is 0 Å². The summed E-state index contributed by atoms with van der Waals surface area (Å²) < 4.78 is 17.4. The fraction of sp³-hybridized carbons (Fsp3) is 0.310. The van der Waals surface area contributed by atoms with E-state index in [0.29, 0.717) is 24.6 Å². The van der Waals surface area contributed by atoms with Gasteiger partial charge in [-0.25, -0.2) is 19.7 Å². The number of aryl methyl sites for hydroxylation is 2. The minimum Gasteiger partial charge on any atom is -0.488 e. The molecule has 8 heteroatoms. The lowest BCUT2D eigenvalue weighted by Gasteiger charge is -2.28. The Morgan fingerprint density at radius 2 is 1.65 bits per heavy atom. The van der Waals surface area contributed by atoms with Gasteiger partial charge in [0, 0.05) is 18.8 Å². The molecule has 37 heavy (non-hydrogen) atoms. The summed E-state index contributed by atoms with van der Waals surface area (Å²) in [6, 6.07) is 17.0. The molecule has 192 valence electrons. The van der Waals surface area contributed by atoms with Crippen molar-refractivity contribution < 1.29 is 19.0 Å². The van der Waals surface area contributed by atoms with Crippen LogP contribution in [0.3, 0.4) is 0 Å². The zero-order valence-corrected chi connectivity index (χ0v) is 22.4. The number of carbonyl (C=O) groups is 1. The number of esters is 1. The molecule has 0 spiro atoms. The van der Waals surface area contributed by atoms with Crippen LogP contribution in [0.15, 0.2) is 67.0 Å². The normalized spacial score (nSPS) is 12.5. The van der Waals surface area contributed by atoms with E-state index in [1.165, 1.54) is 11.3 Å². The first-order valence-electron chi connectivity index (χ1n) is 12.3. The molecule has 2 heterocycles. The Kier molecular flexibility index (Phi) is 8.50. The van der Waals surface area contributed by atoms with Crippen molar-refractivity contribution in [1.82, 2.24) is 15.0 Å². The van der Waals surface area contributed by atoms with Gasteiger partial charge in [-0.2, -0.15) is 0 Å². The second-order valence-electron chi connectivity index (χ2n) is 8.77. The highest BCUT2D eigenvalue weighted by atomic mass is 32.1. The Morgan fingerprint density at radius 1 is 0.946 bits per heavy atom. The van der Waals surface area contributed by atoms with Gasteiger partial charge in [0.1, 0.15) is 18.1 Å². The fourth-order valence-corrected chi connectivity index (χ4v) is 4.65. The maximum atomic E-state index is 12.8. The molecule has 0 bridgehead atoms. The number of hydrogen-bond acceptors (Lipinski definition) is 8. The highest BCUT2D eigenvalue weighted by Crippen LogP contribution is 2.28. The summed E-state index contributed by atoms with van der Waals surface area (Å²) in [7, 11) is 0. The quantitative estimate of drug-likeness (QED) is 0.226. The van der Waals surface area contributed by atoms with Gasteiger partial charge in [-0.3, -0.25) is 0 Å². The Labute approximate surface area is 221 Å². The van der Waals surface area contributed by atoms with Crippen LogP contribution in [0.25, 0.3) is 10.8 Å². The van der Waals surface area contributed by atoms with Gasteiger partial charge in [-0.15, -0.1) is 11.3 Å². The molecule has 7 nitrogen and oxygen atoms in total. The average molecular weight is 518 g/mol. The smallest absolute Gasteiger partial charge is 0.350 e. The molecule has 2 aromatic carbocycles. The third-order valence-corrected chi connectivity index (χ3v) is 6.95. The van der Waals surface area contributed by atoms with E-state index in [1.807, 2.05) is 73.9 Å². The molecule has 2 aromatic heterocycles. The lowest BCUT2D eigenvalue weighted by molar-refractivity contribution is -0.160. The molecule has 0 amide bonds. The van der Waals surface area contributed by atoms with Gasteiger partial charge in [0.25, 0.3) is 0 Å². The molecule has 1 unspecified atom stereocenters. The van der Waals surface area contributed by atoms with Crippen LogP contribution < -0.4 is 9.47 Å². The Morgan fingerprint density at radius 3 is 2.30 bits per heavy atom. The molecule has 0 aliphatic rings. The minimum absolute atomic E-state index is 0.286. The van der Waals surface area contributed by atoms with Crippen molar-refractivity contribution in [3.05, 3.63) is 88.7 Å². The Balaban J connectivity index is 1.41. The number of nitrogens with zero attached hydrogens (tertiary/aromatic N) is 3. The summed E-state index contributed by atoms with van der Waals surface area (Å²) in [4.78, 5) is 27.3. The van der Waals surface area contributed by atoms with Crippen molar-refractivity contribution in [2.24, 2.45) is 0 Å². The number of rotatable bonds is 11. The molecule has 4 aromatic rings. The zero-order chi connectivity index (χ0) is 26.3. The highest BCUT2D eigenvalue weighted by Gasteiger charge is 2.37. The van der Waals surface area contributed by atoms with Gasteiger partial charge in [0.05, 0.1) is 17.2 Å². The summed E-state index contributed by atoms with van der Waals surface area (Å²) in [5, 5.41) is 0.783. The molecule has 0 fully saturated rings. The summed E-state index contributed by atoms with van der Waals surface area (Å²) in [6.07, 6.45) is 4.94. The van der Waals surface area contributed by atoms with E-state index in [9.17, 15) is 4.79 Å². The summed E-state index contributed by atoms with van der Waals surface area (Å²) in [6.45, 7) is 8.26. The van der Waals surface area contributed by atoms with Crippen molar-refractivity contribution in [1.29, 1.82) is 0 Å². The fourth-order valence-electron chi connectivity index (χ4n) is 3.73.